The highest BCUT2D eigenvalue weighted by atomic mass is 16.6. The third-order valence-electron chi connectivity index (χ3n) is 8.78. The molecule has 1 atom stereocenters. The molecule has 1 aliphatic carbocycles. The van der Waals surface area contributed by atoms with Crippen LogP contribution in [-0.4, -0.2) is 100 Å². The number of carbonyl (C=O) groups is 3. The molecule has 13 heteroatoms. The van der Waals surface area contributed by atoms with Crippen LogP contribution in [0.5, 0.6) is 5.75 Å². The molecular formula is C38H50N7O6+. The van der Waals surface area contributed by atoms with Gasteiger partial charge in [0.05, 0.1) is 31.0 Å². The van der Waals surface area contributed by atoms with Crippen LogP contribution in [0.25, 0.3) is 0 Å². The van der Waals surface area contributed by atoms with E-state index >= 15 is 0 Å². The number of methoxy groups -OCH3 is 1. The first-order valence-electron chi connectivity index (χ1n) is 17.4. The third kappa shape index (κ3) is 9.95. The monoisotopic (exact) mass is 700 g/mol. The van der Waals surface area contributed by atoms with Crippen LogP contribution < -0.4 is 15.4 Å². The van der Waals surface area contributed by atoms with Gasteiger partial charge in [0.1, 0.15) is 23.0 Å². The van der Waals surface area contributed by atoms with Crippen LogP contribution in [0.1, 0.15) is 101 Å². The summed E-state index contributed by atoms with van der Waals surface area (Å²) in [5.74, 6) is 0.976. The van der Waals surface area contributed by atoms with Crippen LogP contribution in [0.3, 0.4) is 0 Å². The second kappa shape index (κ2) is 16.1. The maximum Gasteiger partial charge on any atom is 0.596 e. The van der Waals surface area contributed by atoms with Gasteiger partial charge in [-0.3, -0.25) is 19.5 Å². The number of benzene rings is 1. The summed E-state index contributed by atoms with van der Waals surface area (Å²) >= 11 is 0. The first-order valence-corrected chi connectivity index (χ1v) is 17.4. The number of amides is 3. The molecule has 2 aliphatic rings. The number of hydrogen-bond acceptors (Lipinski definition) is 10. The lowest BCUT2D eigenvalue weighted by Crippen LogP contribution is -2.48. The maximum atomic E-state index is 13.7. The van der Waals surface area contributed by atoms with Gasteiger partial charge in [-0.1, -0.05) is 6.07 Å². The highest BCUT2D eigenvalue weighted by Gasteiger charge is 2.34. The molecule has 1 aliphatic heterocycles. The van der Waals surface area contributed by atoms with Crippen LogP contribution >= 0.6 is 0 Å². The number of pyridine rings is 1. The van der Waals surface area contributed by atoms with Crippen molar-refractivity contribution in [3.05, 3.63) is 76.0 Å². The molecule has 1 saturated carbocycles. The summed E-state index contributed by atoms with van der Waals surface area (Å²) in [6, 6.07) is 7.37. The number of hydrogen-bond donors (Lipinski definition) is 2. The quantitative estimate of drug-likeness (QED) is 0.192. The van der Waals surface area contributed by atoms with E-state index in [1.165, 1.54) is 5.56 Å². The molecule has 0 saturated heterocycles. The minimum absolute atomic E-state index is 0.203. The van der Waals surface area contributed by atoms with Crippen molar-refractivity contribution in [2.75, 3.05) is 51.8 Å². The lowest BCUT2D eigenvalue weighted by Gasteiger charge is -2.30. The number of nitrogens with one attached hydrogen (secondary N) is 2. The highest BCUT2D eigenvalue weighted by molar-refractivity contribution is 6.07. The molecule has 0 bridgehead atoms. The molecule has 0 spiro atoms. The Bertz CT molecular complexity index is 1800. The number of aryl methyl sites for hydroxylation is 3. The highest BCUT2D eigenvalue weighted by Crippen LogP contribution is 2.40. The predicted molar refractivity (Wildman–Crippen MR) is 193 cm³/mol. The number of ether oxygens (including phenoxy) is 3. The Morgan fingerprint density at radius 2 is 1.76 bits per heavy atom. The predicted octanol–water partition coefficient (Wildman–Crippen LogP) is 5.15. The van der Waals surface area contributed by atoms with E-state index in [2.05, 4.69) is 31.6 Å². The van der Waals surface area contributed by atoms with Crippen molar-refractivity contribution in [3.8, 4) is 5.75 Å². The van der Waals surface area contributed by atoms with Crippen LogP contribution in [0.2, 0.25) is 0 Å². The van der Waals surface area contributed by atoms with E-state index in [1.807, 2.05) is 46.9 Å². The molecule has 3 amide bonds. The Labute approximate surface area is 299 Å². The van der Waals surface area contributed by atoms with E-state index in [0.29, 0.717) is 78.5 Å². The van der Waals surface area contributed by atoms with Gasteiger partial charge in [0, 0.05) is 50.6 Å². The van der Waals surface area contributed by atoms with Gasteiger partial charge in [0.2, 0.25) is 0 Å². The lowest BCUT2D eigenvalue weighted by molar-refractivity contribution is -0.458. The Morgan fingerprint density at radius 1 is 1.00 bits per heavy atom. The zero-order valence-electron chi connectivity index (χ0n) is 31.0. The van der Waals surface area contributed by atoms with Gasteiger partial charge in [-0.2, -0.15) is 4.79 Å². The molecule has 1 fully saturated rings. The second-order valence-electron chi connectivity index (χ2n) is 14.3. The SMILES string of the molecule is COCCNC(=O)c1cc(C(=O)Nc2nc(C)ncc2C)c(C)cc1O[C@H](CN1CC[N+](C(=O)OC(C)(C)C)=C(C)C1)c1ccc(C2CC2)cn1. The number of aromatic nitrogens is 3. The minimum Gasteiger partial charge on any atom is -0.482 e. The van der Waals surface area contributed by atoms with Crippen LogP contribution in [0.15, 0.2) is 36.7 Å². The first kappa shape index (κ1) is 37.5. The maximum absolute atomic E-state index is 13.7. The second-order valence-corrected chi connectivity index (χ2v) is 14.3. The molecule has 13 nitrogen and oxygen atoms in total. The van der Waals surface area contributed by atoms with Crippen LogP contribution in [-0.2, 0) is 9.47 Å². The largest absolute Gasteiger partial charge is 0.596 e. The van der Waals surface area contributed by atoms with Gasteiger partial charge < -0.3 is 24.8 Å². The third-order valence-corrected chi connectivity index (χ3v) is 8.78. The summed E-state index contributed by atoms with van der Waals surface area (Å²) in [5, 5.41) is 5.75. The normalized spacial score (nSPS) is 15.7. The number of carbonyl (C=O) groups excluding carboxylic acids is 3. The Morgan fingerprint density at radius 3 is 2.41 bits per heavy atom. The standard InChI is InChI=1S/C38H49N7O6/c1-23-17-32(30(35(46)39-13-16-49-8)18-29(23)36(47)43-34-24(2)19-40-26(4)42-34)50-33(31-12-11-28(20-41-31)27-9-10-27)22-44-14-15-45(25(3)21-44)37(48)51-38(5,6)7/h11-12,17-20,27,33H,9-10,13-16,21-22H2,1-8H3,(H-,39,40,42,43,46,47)/p+1/t33-/m1/s1. The molecule has 1 aromatic carbocycles. The molecule has 0 unspecified atom stereocenters. The molecule has 0 radical (unpaired) electrons. The number of anilines is 1. The van der Waals surface area contributed by atoms with E-state index in [0.717, 1.165) is 18.6 Å². The Balaban J connectivity index is 1.46. The van der Waals surface area contributed by atoms with E-state index in [4.69, 9.17) is 19.2 Å². The van der Waals surface area contributed by atoms with Gasteiger partial charge in [0.25, 0.3) is 11.8 Å². The van der Waals surface area contributed by atoms with E-state index < -0.39 is 23.5 Å². The summed E-state index contributed by atoms with van der Waals surface area (Å²) < 4.78 is 19.2. The molecule has 272 valence electrons. The van der Waals surface area contributed by atoms with Crippen LogP contribution in [0.4, 0.5) is 10.6 Å². The summed E-state index contributed by atoms with van der Waals surface area (Å²) in [7, 11) is 1.56. The van der Waals surface area contributed by atoms with Gasteiger partial charge in [-0.25, -0.2) is 9.97 Å². The van der Waals surface area contributed by atoms with Crippen molar-refractivity contribution in [3.63, 3.8) is 0 Å². The van der Waals surface area contributed by atoms with Crippen LogP contribution in [0, 0.1) is 20.8 Å². The molecule has 2 aromatic heterocycles. The van der Waals surface area contributed by atoms with Crippen molar-refractivity contribution >= 4 is 29.4 Å². The van der Waals surface area contributed by atoms with E-state index in [9.17, 15) is 14.4 Å². The Kier molecular flexibility index (Phi) is 11.8. The fraction of sp³-hybridized carbons (Fsp3) is 0.500. The molecule has 3 heterocycles. The average Bonchev–Trinajstić information content (AvgIpc) is 3.91. The number of rotatable bonds is 12. The summed E-state index contributed by atoms with van der Waals surface area (Å²) in [5.41, 5.74) is 4.03. The molecular weight excluding hydrogens is 650 g/mol. The van der Waals surface area contributed by atoms with E-state index in [1.54, 1.807) is 43.9 Å². The van der Waals surface area contributed by atoms with Gasteiger partial charge in [-0.05, 0) is 89.6 Å². The summed E-state index contributed by atoms with van der Waals surface area (Å²) in [6.07, 6.45) is 4.95. The number of nitrogens with zero attached hydrogens (tertiary/aromatic N) is 5. The van der Waals surface area contributed by atoms with Crippen molar-refractivity contribution in [2.45, 2.75) is 78.9 Å². The van der Waals surface area contributed by atoms with Gasteiger partial charge >= 0.3 is 6.09 Å². The average molecular weight is 701 g/mol. The summed E-state index contributed by atoms with van der Waals surface area (Å²) in [4.78, 5) is 55.8. The van der Waals surface area contributed by atoms with Crippen molar-refractivity contribution < 1.29 is 33.2 Å². The molecule has 51 heavy (non-hydrogen) atoms. The lowest BCUT2D eigenvalue weighted by atomic mass is 10.0. The van der Waals surface area contributed by atoms with E-state index in [-0.39, 0.29) is 18.2 Å². The van der Waals surface area contributed by atoms with Crippen molar-refractivity contribution in [1.29, 1.82) is 0 Å². The minimum atomic E-state index is -0.596. The first-order chi connectivity index (χ1) is 24.2. The fourth-order valence-corrected chi connectivity index (χ4v) is 5.88. The smallest absolute Gasteiger partial charge is 0.482 e. The topological polar surface area (TPSA) is 148 Å². The van der Waals surface area contributed by atoms with Crippen molar-refractivity contribution in [2.24, 2.45) is 0 Å². The van der Waals surface area contributed by atoms with Gasteiger partial charge in [-0.15, -0.1) is 4.58 Å². The fourth-order valence-electron chi connectivity index (χ4n) is 5.88. The van der Waals surface area contributed by atoms with Gasteiger partial charge in [0.15, 0.2) is 18.4 Å². The Hall–Kier alpha value is -4.75. The zero-order chi connectivity index (χ0) is 36.9. The zero-order valence-corrected chi connectivity index (χ0v) is 31.0. The van der Waals surface area contributed by atoms with Crippen molar-refractivity contribution in [1.82, 2.24) is 25.2 Å². The molecule has 3 aromatic rings. The summed E-state index contributed by atoms with van der Waals surface area (Å²) in [6.45, 7) is 15.4. The molecule has 5 rings (SSSR count). The molecule has 2 N–H and O–H groups in total.